The van der Waals surface area contributed by atoms with Gasteiger partial charge in [0, 0.05) is 31.7 Å². The van der Waals surface area contributed by atoms with E-state index in [-0.39, 0.29) is 17.5 Å². The van der Waals surface area contributed by atoms with Crippen LogP contribution in [0.25, 0.3) is 0 Å². The fourth-order valence-electron chi connectivity index (χ4n) is 2.38. The molecule has 4 N–H and O–H groups in total. The van der Waals surface area contributed by atoms with E-state index in [2.05, 4.69) is 5.32 Å². The molecule has 1 aliphatic rings. The van der Waals surface area contributed by atoms with Crippen LogP contribution >= 0.6 is 0 Å². The predicted octanol–water partition coefficient (Wildman–Crippen LogP) is 0.682. The minimum absolute atomic E-state index is 0.0561. The van der Waals surface area contributed by atoms with E-state index >= 15 is 0 Å². The van der Waals surface area contributed by atoms with Crippen molar-refractivity contribution in [3.63, 3.8) is 0 Å². The lowest BCUT2D eigenvalue weighted by molar-refractivity contribution is -0.119. The number of aromatic carboxylic acids is 1. The summed E-state index contributed by atoms with van der Waals surface area (Å²) in [5, 5.41) is 12.0. The molecule has 19 heavy (non-hydrogen) atoms. The molecular weight excluding hydrogens is 246 g/mol. The van der Waals surface area contributed by atoms with E-state index in [0.717, 1.165) is 6.42 Å². The fraction of sp³-hybridized carbons (Fsp3) is 0.385. The standard InChI is InChI=1S/C13H17N3O3/c1-8(17)15-10-4-5-16(7-10)12-6-9(14)2-3-11(12)13(18)19/h2-3,6,10H,4-5,7,14H2,1H3,(H,15,17)(H,18,19). The number of rotatable bonds is 3. The second-order valence-electron chi connectivity index (χ2n) is 4.71. The lowest BCUT2D eigenvalue weighted by Gasteiger charge is -2.21. The van der Waals surface area contributed by atoms with Crippen molar-refractivity contribution in [1.29, 1.82) is 0 Å². The van der Waals surface area contributed by atoms with Gasteiger partial charge in [-0.25, -0.2) is 4.79 Å². The molecule has 1 fully saturated rings. The maximum atomic E-state index is 11.2. The van der Waals surface area contributed by atoms with Crippen LogP contribution in [0.5, 0.6) is 0 Å². The van der Waals surface area contributed by atoms with Crippen molar-refractivity contribution in [2.45, 2.75) is 19.4 Å². The first kappa shape index (κ1) is 13.2. The summed E-state index contributed by atoms with van der Waals surface area (Å²) < 4.78 is 0. The van der Waals surface area contributed by atoms with Crippen LogP contribution in [0.1, 0.15) is 23.7 Å². The van der Waals surface area contributed by atoms with Gasteiger partial charge >= 0.3 is 5.97 Å². The summed E-state index contributed by atoms with van der Waals surface area (Å²) in [5.74, 6) is -1.05. The highest BCUT2D eigenvalue weighted by molar-refractivity contribution is 5.95. The normalized spacial score (nSPS) is 18.4. The third-order valence-corrected chi connectivity index (χ3v) is 3.19. The number of carboxylic acids is 1. The number of nitrogens with one attached hydrogen (secondary N) is 1. The summed E-state index contributed by atoms with van der Waals surface area (Å²) in [6, 6.07) is 4.81. The van der Waals surface area contributed by atoms with Crippen molar-refractivity contribution < 1.29 is 14.7 Å². The highest BCUT2D eigenvalue weighted by Crippen LogP contribution is 2.27. The van der Waals surface area contributed by atoms with E-state index < -0.39 is 5.97 Å². The molecule has 1 saturated heterocycles. The number of nitrogens with zero attached hydrogens (tertiary/aromatic N) is 1. The van der Waals surface area contributed by atoms with Gasteiger partial charge in [0.2, 0.25) is 5.91 Å². The highest BCUT2D eigenvalue weighted by Gasteiger charge is 2.26. The summed E-state index contributed by atoms with van der Waals surface area (Å²) in [7, 11) is 0. The van der Waals surface area contributed by atoms with E-state index in [0.29, 0.717) is 24.5 Å². The molecule has 102 valence electrons. The molecule has 0 bridgehead atoms. The lowest BCUT2D eigenvalue weighted by atomic mass is 10.1. The van der Waals surface area contributed by atoms with Crippen LogP contribution in [0.3, 0.4) is 0 Å². The quantitative estimate of drug-likeness (QED) is 0.697. The van der Waals surface area contributed by atoms with Gasteiger partial charge in [0.15, 0.2) is 0 Å². The van der Waals surface area contributed by atoms with Crippen molar-refractivity contribution in [1.82, 2.24) is 5.32 Å². The number of carboxylic acid groups (broad SMARTS) is 1. The Kier molecular flexibility index (Phi) is 3.59. The summed E-state index contributed by atoms with van der Waals surface area (Å²) in [5.41, 5.74) is 7.10. The Morgan fingerprint density at radius 2 is 2.21 bits per heavy atom. The van der Waals surface area contributed by atoms with E-state index in [1.807, 2.05) is 4.90 Å². The number of carbonyl (C=O) groups excluding carboxylic acids is 1. The van der Waals surface area contributed by atoms with Crippen LogP contribution in [-0.4, -0.2) is 36.1 Å². The molecule has 6 nitrogen and oxygen atoms in total. The van der Waals surface area contributed by atoms with Crippen molar-refractivity contribution in [3.8, 4) is 0 Å². The number of amides is 1. The summed E-state index contributed by atoms with van der Waals surface area (Å²) in [6.45, 7) is 2.78. The molecule has 1 amide bonds. The van der Waals surface area contributed by atoms with Crippen LogP contribution in [0.2, 0.25) is 0 Å². The number of benzene rings is 1. The van der Waals surface area contributed by atoms with Crippen molar-refractivity contribution >= 4 is 23.3 Å². The second-order valence-corrected chi connectivity index (χ2v) is 4.71. The number of nitrogens with two attached hydrogens (primary N) is 1. The van der Waals surface area contributed by atoms with E-state index in [4.69, 9.17) is 5.73 Å². The molecule has 1 atom stereocenters. The van der Waals surface area contributed by atoms with Gasteiger partial charge < -0.3 is 21.1 Å². The van der Waals surface area contributed by atoms with Crippen LogP contribution in [0, 0.1) is 0 Å². The Hall–Kier alpha value is -2.24. The van der Waals surface area contributed by atoms with Crippen molar-refractivity contribution in [2.75, 3.05) is 23.7 Å². The Morgan fingerprint density at radius 3 is 2.84 bits per heavy atom. The van der Waals surface area contributed by atoms with Gasteiger partial charge in [0.25, 0.3) is 0 Å². The van der Waals surface area contributed by atoms with Crippen LogP contribution in [0.15, 0.2) is 18.2 Å². The number of hydrogen-bond acceptors (Lipinski definition) is 4. The topological polar surface area (TPSA) is 95.7 Å². The smallest absolute Gasteiger partial charge is 0.337 e. The summed E-state index contributed by atoms with van der Waals surface area (Å²) >= 11 is 0. The first-order valence-corrected chi connectivity index (χ1v) is 6.12. The molecule has 0 saturated carbocycles. The zero-order chi connectivity index (χ0) is 14.0. The monoisotopic (exact) mass is 263 g/mol. The van der Waals surface area contributed by atoms with Gasteiger partial charge in [-0.15, -0.1) is 0 Å². The molecule has 6 heteroatoms. The molecule has 1 heterocycles. The van der Waals surface area contributed by atoms with Gasteiger partial charge in [0.1, 0.15) is 0 Å². The van der Waals surface area contributed by atoms with E-state index in [9.17, 15) is 14.7 Å². The lowest BCUT2D eigenvalue weighted by Crippen LogP contribution is -2.35. The average molecular weight is 263 g/mol. The summed E-state index contributed by atoms with van der Waals surface area (Å²) in [4.78, 5) is 24.2. The zero-order valence-corrected chi connectivity index (χ0v) is 10.7. The van der Waals surface area contributed by atoms with Crippen LogP contribution in [-0.2, 0) is 4.79 Å². The first-order valence-electron chi connectivity index (χ1n) is 6.12. The molecule has 1 aromatic rings. The second kappa shape index (κ2) is 5.17. The molecule has 0 aliphatic carbocycles. The van der Waals surface area contributed by atoms with Crippen molar-refractivity contribution in [2.24, 2.45) is 0 Å². The number of nitrogen functional groups attached to an aromatic ring is 1. The van der Waals surface area contributed by atoms with E-state index in [1.165, 1.54) is 13.0 Å². The molecular formula is C13H17N3O3. The Labute approximate surface area is 111 Å². The molecule has 1 unspecified atom stereocenters. The molecule has 2 rings (SSSR count). The van der Waals surface area contributed by atoms with Gasteiger partial charge in [-0.05, 0) is 24.6 Å². The molecule has 1 aromatic carbocycles. The zero-order valence-electron chi connectivity index (χ0n) is 10.7. The largest absolute Gasteiger partial charge is 0.478 e. The first-order chi connectivity index (χ1) is 8.97. The van der Waals surface area contributed by atoms with Gasteiger partial charge in [-0.1, -0.05) is 0 Å². The van der Waals surface area contributed by atoms with E-state index in [1.54, 1.807) is 12.1 Å². The SMILES string of the molecule is CC(=O)NC1CCN(c2cc(N)ccc2C(=O)O)C1. The van der Waals surface area contributed by atoms with Gasteiger partial charge in [0.05, 0.1) is 11.3 Å². The van der Waals surface area contributed by atoms with Crippen LogP contribution in [0.4, 0.5) is 11.4 Å². The molecule has 0 aromatic heterocycles. The van der Waals surface area contributed by atoms with Crippen molar-refractivity contribution in [3.05, 3.63) is 23.8 Å². The Morgan fingerprint density at radius 1 is 1.47 bits per heavy atom. The molecule has 0 spiro atoms. The maximum Gasteiger partial charge on any atom is 0.337 e. The fourth-order valence-corrected chi connectivity index (χ4v) is 2.38. The molecule has 1 aliphatic heterocycles. The predicted molar refractivity (Wildman–Crippen MR) is 72.2 cm³/mol. The maximum absolute atomic E-state index is 11.2. The minimum Gasteiger partial charge on any atom is -0.478 e. The summed E-state index contributed by atoms with van der Waals surface area (Å²) in [6.07, 6.45) is 0.799. The third kappa shape index (κ3) is 2.96. The highest BCUT2D eigenvalue weighted by atomic mass is 16.4. The average Bonchev–Trinajstić information content (AvgIpc) is 2.75. The van der Waals surface area contributed by atoms with Crippen LogP contribution < -0.4 is 16.0 Å². The Bertz CT molecular complexity index is 516. The minimum atomic E-state index is -0.974. The number of anilines is 2. The van der Waals surface area contributed by atoms with Gasteiger partial charge in [-0.3, -0.25) is 4.79 Å². The number of hydrogen-bond donors (Lipinski definition) is 3. The number of carbonyl (C=O) groups is 2. The third-order valence-electron chi connectivity index (χ3n) is 3.19. The van der Waals surface area contributed by atoms with Gasteiger partial charge in [-0.2, -0.15) is 0 Å². The Balaban J connectivity index is 2.21. The molecule has 0 radical (unpaired) electrons.